The second kappa shape index (κ2) is 4.80. The fourth-order valence-electron chi connectivity index (χ4n) is 4.89. The van der Waals surface area contributed by atoms with Crippen molar-refractivity contribution in [3.63, 3.8) is 0 Å². The van der Waals surface area contributed by atoms with E-state index in [2.05, 4.69) is 4.85 Å². The van der Waals surface area contributed by atoms with E-state index in [9.17, 15) is 9.59 Å². The number of ether oxygens (including phenoxy) is 2. The third-order valence-electron chi connectivity index (χ3n) is 6.36. The Hall–Kier alpha value is -2.18. The highest BCUT2D eigenvalue weighted by atomic mass is 32.8. The Labute approximate surface area is 163 Å². The van der Waals surface area contributed by atoms with E-state index in [-0.39, 0.29) is 25.0 Å². The summed E-state index contributed by atoms with van der Waals surface area (Å²) in [6, 6.07) is 4.88. The zero-order valence-corrected chi connectivity index (χ0v) is 16.6. The molecule has 3 fully saturated rings. The van der Waals surface area contributed by atoms with Crippen LogP contribution in [0.25, 0.3) is 4.85 Å². The van der Waals surface area contributed by atoms with E-state index in [1.54, 1.807) is 24.9 Å². The molecule has 0 aromatic heterocycles. The molecular weight excluding hydrogens is 386 g/mol. The van der Waals surface area contributed by atoms with Crippen LogP contribution < -0.4 is 9.47 Å². The van der Waals surface area contributed by atoms with Crippen molar-refractivity contribution in [2.45, 2.75) is 41.6 Å². The van der Waals surface area contributed by atoms with E-state index in [1.807, 2.05) is 19.1 Å². The number of carbonyl (C=O) groups excluding carboxylic acids is 2. The highest BCUT2D eigenvalue weighted by molar-refractivity contribution is 8.31. The van der Waals surface area contributed by atoms with Crippen LogP contribution in [-0.4, -0.2) is 50.7 Å². The van der Waals surface area contributed by atoms with E-state index in [0.717, 1.165) is 5.56 Å². The number of nitrogens with zero attached hydrogens (tertiary/aromatic N) is 3. The van der Waals surface area contributed by atoms with Crippen LogP contribution in [0.5, 0.6) is 11.5 Å². The van der Waals surface area contributed by atoms with E-state index < -0.39 is 30.8 Å². The van der Waals surface area contributed by atoms with Crippen molar-refractivity contribution >= 4 is 32.5 Å². The zero-order chi connectivity index (χ0) is 19.4. The van der Waals surface area contributed by atoms with Gasteiger partial charge in [0.2, 0.25) is 6.79 Å². The molecule has 4 aliphatic rings. The summed E-state index contributed by atoms with van der Waals surface area (Å²) in [7, 11) is 0.702. The Morgan fingerprint density at radius 2 is 1.96 bits per heavy atom. The monoisotopic (exact) mass is 403 g/mol. The maximum Gasteiger partial charge on any atom is 0.261 e. The lowest BCUT2D eigenvalue weighted by Crippen LogP contribution is -2.60. The number of carbonyl (C=O) groups is 2. The summed E-state index contributed by atoms with van der Waals surface area (Å²) in [6.45, 7) is 11.6. The molecule has 4 heterocycles. The first kappa shape index (κ1) is 17.0. The van der Waals surface area contributed by atoms with Crippen LogP contribution in [0.3, 0.4) is 0 Å². The average Bonchev–Trinajstić information content (AvgIpc) is 3.31. The minimum Gasteiger partial charge on any atom is -0.454 e. The van der Waals surface area contributed by atoms with Crippen molar-refractivity contribution in [3.8, 4) is 11.5 Å². The van der Waals surface area contributed by atoms with Gasteiger partial charge in [0.05, 0.1) is 6.42 Å². The van der Waals surface area contributed by atoms with Gasteiger partial charge in [0, 0.05) is 14.0 Å². The highest BCUT2D eigenvalue weighted by Crippen LogP contribution is 2.63. The average molecular weight is 403 g/mol. The summed E-state index contributed by atoms with van der Waals surface area (Å²) in [5.74, 6) is 0.902. The molecule has 27 heavy (non-hydrogen) atoms. The Morgan fingerprint density at radius 1 is 1.26 bits per heavy atom. The second-order valence-electron chi connectivity index (χ2n) is 7.74. The van der Waals surface area contributed by atoms with Crippen molar-refractivity contribution in [1.29, 1.82) is 0 Å². The summed E-state index contributed by atoms with van der Waals surface area (Å²) >= 11 is 5.77. The first-order valence-corrected chi connectivity index (χ1v) is 10.7. The highest BCUT2D eigenvalue weighted by Gasteiger charge is 2.82. The lowest BCUT2D eigenvalue weighted by molar-refractivity contribution is -0.159. The largest absolute Gasteiger partial charge is 0.454 e. The van der Waals surface area contributed by atoms with Crippen LogP contribution in [0.4, 0.5) is 0 Å². The van der Waals surface area contributed by atoms with Gasteiger partial charge in [0.15, 0.2) is 21.2 Å². The Bertz CT molecular complexity index is 1010. The number of rotatable bonds is 1. The summed E-state index contributed by atoms with van der Waals surface area (Å²) in [5.41, 5.74) is -0.183. The molecule has 5 rings (SSSR count). The molecule has 1 aromatic rings. The van der Waals surface area contributed by atoms with Gasteiger partial charge >= 0.3 is 0 Å². The number of hydrogen-bond acceptors (Lipinski definition) is 5. The lowest BCUT2D eigenvalue weighted by atomic mass is 9.87. The van der Waals surface area contributed by atoms with E-state index >= 15 is 0 Å². The second-order valence-corrected chi connectivity index (χ2v) is 10.7. The molecular formula is C18H17N3O4S2. The van der Waals surface area contributed by atoms with Crippen LogP contribution in [0, 0.1) is 6.57 Å². The molecule has 0 aliphatic carbocycles. The number of fused-ring (bicyclic) bond motifs is 2. The molecule has 5 atom stereocenters. The number of piperazine rings is 1. The van der Waals surface area contributed by atoms with Crippen LogP contribution in [0.2, 0.25) is 0 Å². The molecule has 0 radical (unpaired) electrons. The predicted octanol–water partition coefficient (Wildman–Crippen LogP) is 1.34. The molecule has 2 amide bonds. The van der Waals surface area contributed by atoms with Gasteiger partial charge in [-0.05, 0) is 45.3 Å². The number of hydrogen-bond donors (Lipinski definition) is 0. The topological polar surface area (TPSA) is 63.4 Å². The van der Waals surface area contributed by atoms with E-state index in [0.29, 0.717) is 11.5 Å². The normalized spacial score (nSPS) is 41.3. The van der Waals surface area contributed by atoms with Gasteiger partial charge in [-0.25, -0.2) is 6.57 Å². The quantitative estimate of drug-likeness (QED) is 0.663. The molecule has 1 aromatic carbocycles. The van der Waals surface area contributed by atoms with Crippen LogP contribution >= 0.6 is 0 Å². The zero-order valence-electron chi connectivity index (χ0n) is 15.0. The van der Waals surface area contributed by atoms with Gasteiger partial charge in [0.25, 0.3) is 17.4 Å². The number of likely N-dealkylation sites (N-methyl/N-ethyl adjacent to an activating group) is 1. The predicted molar refractivity (Wildman–Crippen MR) is 100 cm³/mol. The minimum atomic E-state index is -1.11. The molecule has 2 bridgehead atoms. The third-order valence-corrected chi connectivity index (χ3v) is 10.5. The summed E-state index contributed by atoms with van der Waals surface area (Å²) in [4.78, 5) is 31.6. The van der Waals surface area contributed by atoms with E-state index in [1.165, 1.54) is 4.90 Å². The molecule has 1 unspecified atom stereocenters. The first-order chi connectivity index (χ1) is 12.7. The SMILES string of the molecule is [C-]#[N+][C@]1(C)C[C@]23C(=O)N(C)[C@@](C)(C(=O)N2[C@H]1c1ccc2c(c1)OCO2)S3=S. The number of benzene rings is 1. The van der Waals surface area contributed by atoms with Crippen molar-refractivity contribution in [1.82, 2.24) is 9.80 Å². The smallest absolute Gasteiger partial charge is 0.261 e. The maximum atomic E-state index is 13.5. The van der Waals surface area contributed by atoms with E-state index in [4.69, 9.17) is 27.2 Å². The first-order valence-electron chi connectivity index (χ1n) is 8.54. The Balaban J connectivity index is 1.73. The molecule has 4 aliphatic heterocycles. The van der Waals surface area contributed by atoms with Crippen LogP contribution in [0.15, 0.2) is 18.2 Å². The molecule has 140 valence electrons. The maximum absolute atomic E-state index is 13.5. The van der Waals surface area contributed by atoms with Gasteiger partial charge < -0.3 is 24.1 Å². The molecule has 7 nitrogen and oxygen atoms in total. The summed E-state index contributed by atoms with van der Waals surface area (Å²) in [6.07, 6.45) is 0.250. The lowest BCUT2D eigenvalue weighted by Gasteiger charge is -2.38. The summed E-state index contributed by atoms with van der Waals surface area (Å²) < 4.78 is 10.9. The fraction of sp³-hybridized carbons (Fsp3) is 0.500. The van der Waals surface area contributed by atoms with Gasteiger partial charge in [-0.2, -0.15) is 0 Å². The Kier molecular flexibility index (Phi) is 3.02. The molecule has 0 saturated carbocycles. The third kappa shape index (κ3) is 1.61. The standard InChI is InChI=1S/C18H17N3O4S2/c1-16(19-3)8-18-15(23)20(4)17(2,27(18)26)14(22)21(18)13(16)10-5-6-11-12(7-10)25-9-24-11/h5-7,13H,8-9H2,1-2,4H3/t13-,16+,17+,18-,27?/m0/s1. The van der Waals surface area contributed by atoms with Gasteiger partial charge in [-0.1, -0.05) is 6.07 Å². The van der Waals surface area contributed by atoms with Crippen molar-refractivity contribution in [3.05, 3.63) is 35.2 Å². The Morgan fingerprint density at radius 3 is 2.67 bits per heavy atom. The minimum absolute atomic E-state index is 0.146. The van der Waals surface area contributed by atoms with Gasteiger partial charge in [-0.3, -0.25) is 9.59 Å². The van der Waals surface area contributed by atoms with Crippen LogP contribution in [0.1, 0.15) is 31.9 Å². The number of amides is 2. The van der Waals surface area contributed by atoms with Crippen molar-refractivity contribution < 1.29 is 19.1 Å². The van der Waals surface area contributed by atoms with Crippen molar-refractivity contribution in [2.75, 3.05) is 13.8 Å². The van der Waals surface area contributed by atoms with Crippen LogP contribution in [-0.2, 0) is 30.2 Å². The van der Waals surface area contributed by atoms with Gasteiger partial charge in [-0.15, -0.1) is 0 Å². The molecule has 1 spiro atoms. The molecule has 3 saturated heterocycles. The molecule has 0 N–H and O–H groups in total. The van der Waals surface area contributed by atoms with Crippen molar-refractivity contribution in [2.24, 2.45) is 0 Å². The van der Waals surface area contributed by atoms with Gasteiger partial charge in [0.1, 0.15) is 6.04 Å². The fourth-order valence-corrected chi connectivity index (χ4v) is 8.41. The molecule has 9 heteroatoms. The summed E-state index contributed by atoms with van der Waals surface area (Å²) in [5, 5.41) is 0.